The number of ether oxygens (including phenoxy) is 1. The number of aromatic hydroxyl groups is 1. The van der Waals surface area contributed by atoms with Crippen molar-refractivity contribution in [1.82, 2.24) is 4.57 Å². The monoisotopic (exact) mass is 595 g/mol. The van der Waals surface area contributed by atoms with Crippen LogP contribution >= 0.6 is 0 Å². The number of benzene rings is 4. The van der Waals surface area contributed by atoms with Gasteiger partial charge in [0.2, 0.25) is 0 Å². The molecule has 232 valence electrons. The number of fused-ring (bicyclic) bond motifs is 3. The van der Waals surface area contributed by atoms with E-state index in [0.29, 0.717) is 42.0 Å². The maximum atomic E-state index is 14.9. The number of aliphatic hydroxyl groups excluding tert-OH is 1. The molecule has 4 nitrogen and oxygen atoms in total. The largest absolute Gasteiger partial charge is 0.505 e. The summed E-state index contributed by atoms with van der Waals surface area (Å²) in [7, 11) is 0. The molecule has 0 saturated carbocycles. The molecular formula is C39H46FNO3. The molecule has 2 N–H and O–H groups in total. The lowest BCUT2D eigenvalue weighted by molar-refractivity contribution is 0.253. The molecule has 1 aromatic heterocycles. The number of phenols is 1. The molecular weight excluding hydrogens is 549 g/mol. The van der Waals surface area contributed by atoms with E-state index in [1.807, 2.05) is 30.3 Å². The number of aromatic nitrogens is 1. The van der Waals surface area contributed by atoms with Crippen LogP contribution in [0.15, 0.2) is 78.9 Å². The highest BCUT2D eigenvalue weighted by molar-refractivity contribution is 6.09. The number of nitrogens with zero attached hydrogens (tertiary/aromatic N) is 1. The van der Waals surface area contributed by atoms with Gasteiger partial charge in [-0.05, 0) is 72.7 Å². The molecule has 5 aromatic rings. The zero-order valence-corrected chi connectivity index (χ0v) is 26.4. The van der Waals surface area contributed by atoms with Gasteiger partial charge in [0.05, 0.1) is 23.3 Å². The fourth-order valence-electron chi connectivity index (χ4n) is 6.29. The van der Waals surface area contributed by atoms with Crippen molar-refractivity contribution in [3.63, 3.8) is 0 Å². The van der Waals surface area contributed by atoms with Gasteiger partial charge in [-0.2, -0.15) is 0 Å². The molecule has 0 bridgehead atoms. The summed E-state index contributed by atoms with van der Waals surface area (Å²) in [6, 6.07) is 25.1. The molecule has 5 heteroatoms. The van der Waals surface area contributed by atoms with E-state index in [1.165, 1.54) is 44.2 Å². The minimum Gasteiger partial charge on any atom is -0.505 e. The summed E-state index contributed by atoms with van der Waals surface area (Å²) in [6.45, 7) is 7.26. The Labute approximate surface area is 261 Å². The third-order valence-corrected chi connectivity index (χ3v) is 8.89. The van der Waals surface area contributed by atoms with E-state index in [-0.39, 0.29) is 17.8 Å². The molecule has 0 unspecified atom stereocenters. The van der Waals surface area contributed by atoms with Crippen molar-refractivity contribution >= 4 is 21.8 Å². The van der Waals surface area contributed by atoms with E-state index >= 15 is 0 Å². The summed E-state index contributed by atoms with van der Waals surface area (Å²) in [6.07, 6.45) is 9.67. The van der Waals surface area contributed by atoms with E-state index in [4.69, 9.17) is 4.74 Å². The molecule has 1 heterocycles. The lowest BCUT2D eigenvalue weighted by Crippen LogP contribution is -2.18. The van der Waals surface area contributed by atoms with E-state index in [2.05, 4.69) is 55.7 Å². The summed E-state index contributed by atoms with van der Waals surface area (Å²) < 4.78 is 23.1. The van der Waals surface area contributed by atoms with Crippen molar-refractivity contribution in [2.75, 3.05) is 13.2 Å². The number of unbranched alkanes of at least 4 members (excludes halogenated alkanes) is 6. The van der Waals surface area contributed by atoms with Crippen molar-refractivity contribution in [2.24, 2.45) is 0 Å². The summed E-state index contributed by atoms with van der Waals surface area (Å²) in [5.41, 5.74) is 4.64. The zero-order valence-electron chi connectivity index (χ0n) is 26.4. The molecule has 0 fully saturated rings. The molecule has 0 aliphatic rings. The number of phenolic OH excluding ortho intramolecular Hbond substituents is 1. The van der Waals surface area contributed by atoms with Crippen molar-refractivity contribution in [3.8, 4) is 28.3 Å². The molecule has 0 atom stereocenters. The lowest BCUT2D eigenvalue weighted by atomic mass is 9.78. The second-order valence-electron chi connectivity index (χ2n) is 12.6. The minimum absolute atomic E-state index is 0.0847. The Kier molecular flexibility index (Phi) is 10.3. The zero-order chi connectivity index (χ0) is 31.1. The minimum atomic E-state index is -0.391. The maximum Gasteiger partial charge on any atom is 0.147 e. The Morgan fingerprint density at radius 1 is 0.750 bits per heavy atom. The van der Waals surface area contributed by atoms with Gasteiger partial charge in [-0.1, -0.05) is 95.7 Å². The van der Waals surface area contributed by atoms with Crippen LogP contribution in [-0.2, 0) is 5.41 Å². The van der Waals surface area contributed by atoms with Gasteiger partial charge < -0.3 is 19.5 Å². The van der Waals surface area contributed by atoms with Gasteiger partial charge >= 0.3 is 0 Å². The van der Waals surface area contributed by atoms with Crippen LogP contribution in [0.2, 0.25) is 0 Å². The van der Waals surface area contributed by atoms with E-state index in [1.54, 1.807) is 6.07 Å². The molecule has 0 amide bonds. The predicted octanol–water partition coefficient (Wildman–Crippen LogP) is 10.5. The van der Waals surface area contributed by atoms with Gasteiger partial charge in [0.1, 0.15) is 17.3 Å². The van der Waals surface area contributed by atoms with Gasteiger partial charge in [0, 0.05) is 28.5 Å². The average molecular weight is 596 g/mol. The Balaban J connectivity index is 1.67. The summed E-state index contributed by atoms with van der Waals surface area (Å²) in [5.74, 6) is 0.206. The third-order valence-electron chi connectivity index (χ3n) is 8.89. The van der Waals surface area contributed by atoms with Crippen LogP contribution < -0.4 is 4.74 Å². The third kappa shape index (κ3) is 6.78. The Bertz CT molecular complexity index is 1650. The summed E-state index contributed by atoms with van der Waals surface area (Å²) in [4.78, 5) is 0. The van der Waals surface area contributed by atoms with Crippen LogP contribution in [0.5, 0.6) is 11.5 Å². The van der Waals surface area contributed by atoms with E-state index in [9.17, 15) is 14.6 Å². The highest BCUT2D eigenvalue weighted by atomic mass is 19.1. The number of hydrogen-bond acceptors (Lipinski definition) is 3. The summed E-state index contributed by atoms with van der Waals surface area (Å²) in [5, 5.41) is 23.6. The number of halogens is 1. The van der Waals surface area contributed by atoms with Crippen LogP contribution in [0.4, 0.5) is 4.39 Å². The predicted molar refractivity (Wildman–Crippen MR) is 181 cm³/mol. The first-order valence-electron chi connectivity index (χ1n) is 16.3. The van der Waals surface area contributed by atoms with Gasteiger partial charge in [-0.3, -0.25) is 0 Å². The normalized spacial score (nSPS) is 11.9. The molecule has 44 heavy (non-hydrogen) atoms. The molecule has 0 aliphatic carbocycles. The van der Waals surface area contributed by atoms with Crippen LogP contribution in [0.25, 0.3) is 38.6 Å². The average Bonchev–Trinajstić information content (AvgIpc) is 3.36. The van der Waals surface area contributed by atoms with Gasteiger partial charge in [-0.25, -0.2) is 4.39 Å². The Morgan fingerprint density at radius 3 is 2.09 bits per heavy atom. The fourth-order valence-corrected chi connectivity index (χ4v) is 6.29. The molecule has 4 aromatic carbocycles. The number of para-hydroxylation sites is 2. The second kappa shape index (κ2) is 14.3. The Morgan fingerprint density at radius 2 is 1.41 bits per heavy atom. The van der Waals surface area contributed by atoms with Crippen LogP contribution in [-0.4, -0.2) is 28.0 Å². The highest BCUT2D eigenvalue weighted by Crippen LogP contribution is 2.45. The van der Waals surface area contributed by atoms with Crippen LogP contribution in [0.1, 0.15) is 84.1 Å². The topological polar surface area (TPSA) is 54.6 Å². The van der Waals surface area contributed by atoms with Crippen molar-refractivity contribution in [1.29, 1.82) is 0 Å². The van der Waals surface area contributed by atoms with E-state index < -0.39 is 5.82 Å². The second-order valence-corrected chi connectivity index (χ2v) is 12.6. The van der Waals surface area contributed by atoms with Gasteiger partial charge in [-0.15, -0.1) is 0 Å². The molecule has 0 radical (unpaired) electrons. The number of hydrogen-bond donors (Lipinski definition) is 2. The van der Waals surface area contributed by atoms with Crippen molar-refractivity contribution in [3.05, 3.63) is 90.2 Å². The molecule has 5 rings (SSSR count). The van der Waals surface area contributed by atoms with Crippen LogP contribution in [0.3, 0.4) is 0 Å². The van der Waals surface area contributed by atoms with Crippen LogP contribution in [0, 0.1) is 5.82 Å². The molecule has 0 saturated heterocycles. The standard InChI is InChI=1S/C39H46FNO3/c1-4-5-6-7-8-13-22-39(2,3)28-25-33(32-27-29(40)20-21-37(32)44-24-15-14-23-42)38(43)36(26-28)41-34-18-11-9-16-30(34)31-17-10-12-19-35(31)41/h9-12,16-21,25-27,42-43H,4-8,13-15,22-24H2,1-3H3. The highest BCUT2D eigenvalue weighted by Gasteiger charge is 2.27. The SMILES string of the molecule is CCCCCCCCC(C)(C)c1cc(-c2cc(F)ccc2OCCCCO)c(O)c(-n2c3ccccc3c3ccccc32)c1. The van der Waals surface area contributed by atoms with E-state index in [0.717, 1.165) is 40.2 Å². The first-order valence-corrected chi connectivity index (χ1v) is 16.3. The first kappa shape index (κ1) is 31.6. The van der Waals surface area contributed by atoms with Crippen molar-refractivity contribution < 1.29 is 19.3 Å². The maximum absolute atomic E-state index is 14.9. The van der Waals surface area contributed by atoms with Gasteiger partial charge in [0.25, 0.3) is 0 Å². The lowest BCUT2D eigenvalue weighted by Gasteiger charge is -2.28. The van der Waals surface area contributed by atoms with Crippen molar-refractivity contribution in [2.45, 2.75) is 84.0 Å². The molecule has 0 spiro atoms. The number of aliphatic hydroxyl groups is 1. The fraction of sp³-hybridized carbons (Fsp3) is 0.385. The molecule has 0 aliphatic heterocycles. The summed E-state index contributed by atoms with van der Waals surface area (Å²) >= 11 is 0. The van der Waals surface area contributed by atoms with Gasteiger partial charge in [0.15, 0.2) is 0 Å². The smallest absolute Gasteiger partial charge is 0.147 e. The number of rotatable bonds is 15. The Hall–Kier alpha value is -3.83. The first-order chi connectivity index (χ1) is 21.4. The quantitative estimate of drug-likeness (QED) is 0.118.